The molecule has 2 heterocycles. The molecule has 2 N–H and O–H groups in total. The zero-order valence-corrected chi connectivity index (χ0v) is 8.07. The SMILES string of the molecule is Nc1nnc(Cn2ccc(=O)cc2)s1. The normalized spacial score (nSPS) is 10.3. The smallest absolute Gasteiger partial charge is 0.203 e. The van der Waals surface area contributed by atoms with Gasteiger partial charge in [-0.05, 0) is 0 Å². The summed E-state index contributed by atoms with van der Waals surface area (Å²) in [6, 6.07) is 3.01. The quantitative estimate of drug-likeness (QED) is 0.771. The molecule has 0 amide bonds. The fourth-order valence-corrected chi connectivity index (χ4v) is 1.65. The summed E-state index contributed by atoms with van der Waals surface area (Å²) in [4.78, 5) is 10.8. The van der Waals surface area contributed by atoms with Crippen molar-refractivity contribution < 1.29 is 0 Å². The van der Waals surface area contributed by atoms with E-state index in [1.165, 1.54) is 23.5 Å². The molecule has 0 aliphatic carbocycles. The first-order valence-electron chi connectivity index (χ1n) is 3.98. The van der Waals surface area contributed by atoms with Crippen LogP contribution in [0.5, 0.6) is 0 Å². The van der Waals surface area contributed by atoms with Crippen LogP contribution in [-0.2, 0) is 6.54 Å². The van der Waals surface area contributed by atoms with Crippen molar-refractivity contribution in [2.75, 3.05) is 5.73 Å². The number of aromatic nitrogens is 3. The zero-order chi connectivity index (χ0) is 9.97. The summed E-state index contributed by atoms with van der Waals surface area (Å²) in [6.45, 7) is 0.592. The summed E-state index contributed by atoms with van der Waals surface area (Å²) in [7, 11) is 0. The summed E-state index contributed by atoms with van der Waals surface area (Å²) in [5.74, 6) is 0. The van der Waals surface area contributed by atoms with Crippen LogP contribution in [0.3, 0.4) is 0 Å². The van der Waals surface area contributed by atoms with E-state index in [1.807, 2.05) is 4.57 Å². The van der Waals surface area contributed by atoms with E-state index >= 15 is 0 Å². The summed E-state index contributed by atoms with van der Waals surface area (Å²) in [5.41, 5.74) is 5.44. The second-order valence-corrected chi connectivity index (χ2v) is 3.83. The average molecular weight is 208 g/mol. The highest BCUT2D eigenvalue weighted by molar-refractivity contribution is 7.15. The van der Waals surface area contributed by atoms with Crippen LogP contribution in [0.15, 0.2) is 29.3 Å². The molecule has 0 fully saturated rings. The molecule has 14 heavy (non-hydrogen) atoms. The highest BCUT2D eigenvalue weighted by Crippen LogP contribution is 2.11. The molecule has 0 aliphatic rings. The van der Waals surface area contributed by atoms with E-state index in [1.54, 1.807) is 12.4 Å². The number of nitrogen functional groups attached to an aromatic ring is 1. The number of nitrogens with zero attached hydrogens (tertiary/aromatic N) is 3. The van der Waals surface area contributed by atoms with Crippen LogP contribution in [0.2, 0.25) is 0 Å². The molecule has 2 aromatic rings. The van der Waals surface area contributed by atoms with Crippen LogP contribution in [0, 0.1) is 0 Å². The Morgan fingerprint density at radius 1 is 1.36 bits per heavy atom. The summed E-state index contributed by atoms with van der Waals surface area (Å²) in [5, 5.41) is 8.86. The van der Waals surface area contributed by atoms with E-state index < -0.39 is 0 Å². The molecule has 2 rings (SSSR count). The van der Waals surface area contributed by atoms with Gasteiger partial charge in [0.2, 0.25) is 5.13 Å². The second-order valence-electron chi connectivity index (χ2n) is 2.74. The van der Waals surface area contributed by atoms with Crippen LogP contribution in [0.1, 0.15) is 5.01 Å². The molecule has 0 saturated carbocycles. The fraction of sp³-hybridized carbons (Fsp3) is 0.125. The topological polar surface area (TPSA) is 73.8 Å². The molecule has 0 saturated heterocycles. The van der Waals surface area contributed by atoms with Gasteiger partial charge in [0, 0.05) is 24.5 Å². The lowest BCUT2D eigenvalue weighted by Crippen LogP contribution is -2.04. The van der Waals surface area contributed by atoms with Gasteiger partial charge in [-0.3, -0.25) is 4.79 Å². The first-order valence-corrected chi connectivity index (χ1v) is 4.79. The Hall–Kier alpha value is -1.69. The maximum Gasteiger partial charge on any atom is 0.203 e. The number of nitrogens with two attached hydrogens (primary N) is 1. The molecule has 72 valence electrons. The molecular weight excluding hydrogens is 200 g/mol. The minimum Gasteiger partial charge on any atom is -0.374 e. The van der Waals surface area contributed by atoms with Crippen LogP contribution in [-0.4, -0.2) is 14.8 Å². The minimum absolute atomic E-state index is 0.00183. The Bertz CT molecular complexity index is 470. The molecule has 5 nitrogen and oxygen atoms in total. The lowest BCUT2D eigenvalue weighted by molar-refractivity contribution is 0.770. The van der Waals surface area contributed by atoms with Crippen molar-refractivity contribution in [3.05, 3.63) is 39.8 Å². The summed E-state index contributed by atoms with van der Waals surface area (Å²) in [6.07, 6.45) is 3.42. The van der Waals surface area contributed by atoms with Gasteiger partial charge in [-0.15, -0.1) is 10.2 Å². The lowest BCUT2D eigenvalue weighted by Gasteiger charge is -2.00. The second kappa shape index (κ2) is 3.59. The van der Waals surface area contributed by atoms with Crippen LogP contribution >= 0.6 is 11.3 Å². The summed E-state index contributed by atoms with van der Waals surface area (Å²) >= 11 is 1.34. The van der Waals surface area contributed by atoms with Crippen molar-refractivity contribution in [2.24, 2.45) is 0 Å². The van der Waals surface area contributed by atoms with Gasteiger partial charge in [0.25, 0.3) is 0 Å². The van der Waals surface area contributed by atoms with Gasteiger partial charge in [0.05, 0.1) is 6.54 Å². The van der Waals surface area contributed by atoms with Gasteiger partial charge >= 0.3 is 0 Å². The predicted octanol–water partition coefficient (Wildman–Crippen LogP) is 0.330. The first-order chi connectivity index (χ1) is 6.74. The third-order valence-corrected chi connectivity index (χ3v) is 2.40. The largest absolute Gasteiger partial charge is 0.374 e. The molecule has 0 radical (unpaired) electrons. The average Bonchev–Trinajstić information content (AvgIpc) is 2.56. The van der Waals surface area contributed by atoms with Crippen molar-refractivity contribution >= 4 is 16.5 Å². The molecule has 0 atom stereocenters. The van der Waals surface area contributed by atoms with E-state index in [-0.39, 0.29) is 5.43 Å². The molecule has 6 heteroatoms. The number of pyridine rings is 1. The number of hydrogen-bond donors (Lipinski definition) is 1. The van der Waals surface area contributed by atoms with Crippen molar-refractivity contribution in [1.29, 1.82) is 0 Å². The Morgan fingerprint density at radius 2 is 2.07 bits per heavy atom. The molecule has 0 aromatic carbocycles. The molecular formula is C8H8N4OS. The van der Waals surface area contributed by atoms with Gasteiger partial charge in [-0.2, -0.15) is 0 Å². The Morgan fingerprint density at radius 3 is 2.64 bits per heavy atom. The van der Waals surface area contributed by atoms with Gasteiger partial charge in [0.1, 0.15) is 5.01 Å². The van der Waals surface area contributed by atoms with Gasteiger partial charge in [-0.25, -0.2) is 0 Å². The summed E-state index contributed by atoms with van der Waals surface area (Å²) < 4.78 is 1.85. The van der Waals surface area contributed by atoms with E-state index in [2.05, 4.69) is 10.2 Å². The number of hydrogen-bond acceptors (Lipinski definition) is 5. The monoisotopic (exact) mass is 208 g/mol. The van der Waals surface area contributed by atoms with Crippen molar-refractivity contribution in [2.45, 2.75) is 6.54 Å². The van der Waals surface area contributed by atoms with Crippen LogP contribution in [0.4, 0.5) is 5.13 Å². The maximum absolute atomic E-state index is 10.8. The Labute approximate surface area is 83.8 Å². The third kappa shape index (κ3) is 1.97. The van der Waals surface area contributed by atoms with Gasteiger partial charge in [0.15, 0.2) is 5.43 Å². The van der Waals surface area contributed by atoms with Crippen molar-refractivity contribution in [1.82, 2.24) is 14.8 Å². The lowest BCUT2D eigenvalue weighted by atomic mass is 10.4. The van der Waals surface area contributed by atoms with E-state index in [0.29, 0.717) is 11.7 Å². The highest BCUT2D eigenvalue weighted by Gasteiger charge is 2.00. The van der Waals surface area contributed by atoms with Gasteiger partial charge < -0.3 is 10.3 Å². The third-order valence-electron chi connectivity index (χ3n) is 1.66. The van der Waals surface area contributed by atoms with Crippen molar-refractivity contribution in [3.8, 4) is 0 Å². The van der Waals surface area contributed by atoms with E-state index in [4.69, 9.17) is 5.73 Å². The van der Waals surface area contributed by atoms with Gasteiger partial charge in [-0.1, -0.05) is 11.3 Å². The fourth-order valence-electron chi connectivity index (χ4n) is 1.04. The molecule has 0 unspecified atom stereocenters. The van der Waals surface area contributed by atoms with E-state index in [0.717, 1.165) is 5.01 Å². The molecule has 2 aromatic heterocycles. The molecule has 0 aliphatic heterocycles. The Balaban J connectivity index is 2.19. The minimum atomic E-state index is -0.00183. The number of rotatable bonds is 2. The van der Waals surface area contributed by atoms with Crippen LogP contribution in [0.25, 0.3) is 0 Å². The Kier molecular flexibility index (Phi) is 2.28. The standard InChI is InChI=1S/C8H8N4OS/c9-8-11-10-7(14-8)5-12-3-1-6(13)2-4-12/h1-4H,5H2,(H2,9,11). The maximum atomic E-state index is 10.8. The first kappa shape index (κ1) is 8.89. The highest BCUT2D eigenvalue weighted by atomic mass is 32.1. The zero-order valence-electron chi connectivity index (χ0n) is 7.25. The van der Waals surface area contributed by atoms with Crippen LogP contribution < -0.4 is 11.2 Å². The van der Waals surface area contributed by atoms with E-state index in [9.17, 15) is 4.79 Å². The number of anilines is 1. The molecule has 0 spiro atoms. The predicted molar refractivity (Wildman–Crippen MR) is 54.1 cm³/mol. The molecule has 0 bridgehead atoms. The van der Waals surface area contributed by atoms with Crippen molar-refractivity contribution in [3.63, 3.8) is 0 Å².